The first-order chi connectivity index (χ1) is 9.66. The minimum atomic E-state index is -0.311. The van der Waals surface area contributed by atoms with Crippen LogP contribution in [0.5, 0.6) is 0 Å². The highest BCUT2D eigenvalue weighted by Crippen LogP contribution is 2.36. The molecule has 1 fully saturated rings. The maximum Gasteiger partial charge on any atom is 0.244 e. The number of rotatable bonds is 2. The van der Waals surface area contributed by atoms with Crippen molar-refractivity contribution in [1.29, 1.82) is 0 Å². The molecule has 1 atom stereocenters. The molecule has 3 rings (SSSR count). The van der Waals surface area contributed by atoms with Crippen molar-refractivity contribution in [2.45, 2.75) is 44.7 Å². The summed E-state index contributed by atoms with van der Waals surface area (Å²) in [5.41, 5.74) is 7.84. The predicted molar refractivity (Wildman–Crippen MR) is 80.7 cm³/mol. The van der Waals surface area contributed by atoms with Gasteiger partial charge in [-0.2, -0.15) is 0 Å². The Kier molecular flexibility index (Phi) is 3.51. The lowest BCUT2D eigenvalue weighted by atomic mass is 9.84. The molecule has 1 aliphatic carbocycles. The summed E-state index contributed by atoms with van der Waals surface area (Å²) in [6.07, 6.45) is 8.95. The maximum absolute atomic E-state index is 12.0. The van der Waals surface area contributed by atoms with Crippen LogP contribution >= 0.6 is 0 Å². The lowest BCUT2D eigenvalue weighted by Crippen LogP contribution is -2.43. The Bertz CT molecular complexity index is 530. The molecule has 2 N–H and O–H groups in total. The third kappa shape index (κ3) is 2.33. The summed E-state index contributed by atoms with van der Waals surface area (Å²) < 4.78 is 0. The SMILES string of the molecule is C[C@H]1CC[C@H](N2C=Cc3ccccc3C2C(N)=O)CC1. The number of fused-ring (bicyclic) bond motifs is 1. The average Bonchev–Trinajstić information content (AvgIpc) is 2.46. The number of amides is 1. The Hall–Kier alpha value is -1.77. The van der Waals surface area contributed by atoms with E-state index in [9.17, 15) is 4.79 Å². The molecule has 0 bridgehead atoms. The van der Waals surface area contributed by atoms with Crippen molar-refractivity contribution in [3.8, 4) is 0 Å². The Labute approximate surface area is 120 Å². The van der Waals surface area contributed by atoms with E-state index < -0.39 is 0 Å². The van der Waals surface area contributed by atoms with E-state index in [1.807, 2.05) is 24.3 Å². The number of nitrogens with two attached hydrogens (primary N) is 1. The Morgan fingerprint density at radius 1 is 1.20 bits per heavy atom. The van der Waals surface area contributed by atoms with Gasteiger partial charge in [-0.05, 0) is 48.8 Å². The number of nitrogens with zero attached hydrogens (tertiary/aromatic N) is 1. The molecule has 3 nitrogen and oxygen atoms in total. The summed E-state index contributed by atoms with van der Waals surface area (Å²) in [4.78, 5) is 14.2. The molecule has 1 heterocycles. The van der Waals surface area contributed by atoms with Crippen molar-refractivity contribution in [3.05, 3.63) is 41.6 Å². The van der Waals surface area contributed by atoms with E-state index in [-0.39, 0.29) is 11.9 Å². The third-order valence-corrected chi connectivity index (χ3v) is 4.69. The van der Waals surface area contributed by atoms with Gasteiger partial charge < -0.3 is 10.6 Å². The minimum Gasteiger partial charge on any atom is -0.368 e. The molecule has 20 heavy (non-hydrogen) atoms. The van der Waals surface area contributed by atoms with Crippen LogP contribution in [0.4, 0.5) is 0 Å². The summed E-state index contributed by atoms with van der Waals surface area (Å²) in [5.74, 6) is 0.555. The largest absolute Gasteiger partial charge is 0.368 e. The van der Waals surface area contributed by atoms with Crippen molar-refractivity contribution < 1.29 is 4.79 Å². The van der Waals surface area contributed by atoms with Gasteiger partial charge in [-0.25, -0.2) is 0 Å². The van der Waals surface area contributed by atoms with Crippen LogP contribution in [-0.2, 0) is 4.79 Å². The molecule has 1 aromatic carbocycles. The van der Waals surface area contributed by atoms with Gasteiger partial charge in [0.25, 0.3) is 0 Å². The number of hydrogen-bond donors (Lipinski definition) is 1. The smallest absolute Gasteiger partial charge is 0.244 e. The quantitative estimate of drug-likeness (QED) is 0.897. The minimum absolute atomic E-state index is 0.250. The van der Waals surface area contributed by atoms with Crippen LogP contribution in [0, 0.1) is 5.92 Å². The van der Waals surface area contributed by atoms with Crippen LogP contribution in [0.3, 0.4) is 0 Å². The zero-order chi connectivity index (χ0) is 14.1. The van der Waals surface area contributed by atoms with E-state index in [0.29, 0.717) is 6.04 Å². The summed E-state index contributed by atoms with van der Waals surface area (Å²) in [7, 11) is 0. The van der Waals surface area contributed by atoms with E-state index >= 15 is 0 Å². The molecule has 0 saturated heterocycles. The van der Waals surface area contributed by atoms with Crippen molar-refractivity contribution in [2.24, 2.45) is 11.7 Å². The van der Waals surface area contributed by atoms with Crippen LogP contribution in [0.1, 0.15) is 49.8 Å². The topological polar surface area (TPSA) is 46.3 Å². The first-order valence-electron chi connectivity index (χ1n) is 7.50. The number of hydrogen-bond acceptors (Lipinski definition) is 2. The number of benzene rings is 1. The standard InChI is InChI=1S/C17H22N2O/c1-12-6-8-14(9-7-12)19-11-10-13-4-2-3-5-15(13)16(19)17(18)20/h2-5,10-12,14,16H,6-9H2,1H3,(H2,18,20)/t12-,14-,16?. The van der Waals surface area contributed by atoms with Crippen LogP contribution in [0.25, 0.3) is 6.08 Å². The summed E-state index contributed by atoms with van der Waals surface area (Å²) in [5, 5.41) is 0. The van der Waals surface area contributed by atoms with Crippen molar-refractivity contribution in [2.75, 3.05) is 0 Å². The molecule has 0 aromatic heterocycles. The fourth-order valence-corrected chi connectivity index (χ4v) is 3.50. The average molecular weight is 270 g/mol. The third-order valence-electron chi connectivity index (χ3n) is 4.69. The Morgan fingerprint density at radius 2 is 1.90 bits per heavy atom. The molecule has 0 spiro atoms. The highest BCUT2D eigenvalue weighted by atomic mass is 16.1. The van der Waals surface area contributed by atoms with Crippen LogP contribution in [-0.4, -0.2) is 16.8 Å². The zero-order valence-corrected chi connectivity index (χ0v) is 12.0. The zero-order valence-electron chi connectivity index (χ0n) is 12.0. The normalized spacial score (nSPS) is 29.1. The number of carbonyl (C=O) groups excluding carboxylic acids is 1. The second-order valence-corrected chi connectivity index (χ2v) is 6.11. The Morgan fingerprint density at radius 3 is 2.60 bits per heavy atom. The molecule has 0 radical (unpaired) electrons. The molecule has 3 heteroatoms. The first-order valence-corrected chi connectivity index (χ1v) is 7.50. The molecule has 1 aliphatic heterocycles. The van der Waals surface area contributed by atoms with Crippen molar-refractivity contribution in [3.63, 3.8) is 0 Å². The lowest BCUT2D eigenvalue weighted by Gasteiger charge is -2.41. The van der Waals surface area contributed by atoms with Gasteiger partial charge in [0.05, 0.1) is 0 Å². The van der Waals surface area contributed by atoms with Gasteiger partial charge in [0.15, 0.2) is 0 Å². The van der Waals surface area contributed by atoms with Crippen molar-refractivity contribution in [1.82, 2.24) is 4.90 Å². The Balaban J connectivity index is 1.90. The van der Waals surface area contributed by atoms with Gasteiger partial charge in [-0.15, -0.1) is 0 Å². The van der Waals surface area contributed by atoms with Crippen LogP contribution < -0.4 is 5.73 Å². The molecule has 1 amide bonds. The second kappa shape index (κ2) is 5.31. The van der Waals surface area contributed by atoms with Crippen LogP contribution in [0.15, 0.2) is 30.5 Å². The van der Waals surface area contributed by atoms with E-state index in [0.717, 1.165) is 29.9 Å². The number of carbonyl (C=O) groups is 1. The molecule has 2 aliphatic rings. The fraction of sp³-hybridized carbons (Fsp3) is 0.471. The predicted octanol–water partition coefficient (Wildman–Crippen LogP) is 3.08. The molecule has 1 aromatic rings. The van der Waals surface area contributed by atoms with E-state index in [1.165, 1.54) is 12.8 Å². The highest BCUT2D eigenvalue weighted by Gasteiger charge is 2.33. The van der Waals surface area contributed by atoms with Crippen LogP contribution in [0.2, 0.25) is 0 Å². The molecular weight excluding hydrogens is 248 g/mol. The number of primary amides is 1. The lowest BCUT2D eigenvalue weighted by molar-refractivity contribution is -0.123. The van der Waals surface area contributed by atoms with E-state index in [4.69, 9.17) is 5.73 Å². The van der Waals surface area contributed by atoms with Gasteiger partial charge in [0, 0.05) is 12.2 Å². The molecule has 1 unspecified atom stereocenters. The summed E-state index contributed by atoms with van der Waals surface area (Å²) in [6, 6.07) is 8.17. The van der Waals surface area contributed by atoms with Gasteiger partial charge in [-0.3, -0.25) is 4.79 Å². The van der Waals surface area contributed by atoms with Gasteiger partial charge in [0.1, 0.15) is 6.04 Å². The van der Waals surface area contributed by atoms with Gasteiger partial charge >= 0.3 is 0 Å². The van der Waals surface area contributed by atoms with Crippen molar-refractivity contribution >= 4 is 12.0 Å². The maximum atomic E-state index is 12.0. The molecule has 106 valence electrons. The van der Waals surface area contributed by atoms with E-state index in [2.05, 4.69) is 24.1 Å². The fourth-order valence-electron chi connectivity index (χ4n) is 3.50. The monoisotopic (exact) mass is 270 g/mol. The highest BCUT2D eigenvalue weighted by molar-refractivity contribution is 5.84. The molecule has 1 saturated carbocycles. The summed E-state index contributed by atoms with van der Waals surface area (Å²) in [6.45, 7) is 2.31. The van der Waals surface area contributed by atoms with Gasteiger partial charge in [-0.1, -0.05) is 31.2 Å². The summed E-state index contributed by atoms with van der Waals surface area (Å²) >= 11 is 0. The second-order valence-electron chi connectivity index (χ2n) is 6.11. The molecular formula is C17H22N2O. The van der Waals surface area contributed by atoms with E-state index in [1.54, 1.807) is 0 Å². The van der Waals surface area contributed by atoms with Gasteiger partial charge in [0.2, 0.25) is 5.91 Å². The first kappa shape index (κ1) is 13.2.